The molecule has 0 spiro atoms. The van der Waals surface area contributed by atoms with Crippen molar-refractivity contribution in [2.24, 2.45) is 17.8 Å². The second kappa shape index (κ2) is 10.9. The van der Waals surface area contributed by atoms with E-state index in [4.69, 9.17) is 16.3 Å². The monoisotopic (exact) mass is 497 g/mol. The Morgan fingerprint density at radius 1 is 1.21 bits per heavy atom. The molecule has 2 aliphatic rings. The molecule has 2 fully saturated rings. The van der Waals surface area contributed by atoms with Gasteiger partial charge in [-0.25, -0.2) is 9.97 Å². The topological polar surface area (TPSA) is 88.2 Å². The highest BCUT2D eigenvalue weighted by molar-refractivity contribution is 6.33. The molecule has 3 N–H and O–H groups in total. The number of aromatic nitrogens is 2. The quantitative estimate of drug-likeness (QED) is 0.549. The van der Waals surface area contributed by atoms with Gasteiger partial charge < -0.3 is 20.7 Å². The zero-order valence-corrected chi connectivity index (χ0v) is 19.3. The highest BCUT2D eigenvalue weighted by Gasteiger charge is 2.43. The van der Waals surface area contributed by atoms with Crippen molar-refractivity contribution in [3.8, 4) is 11.3 Å². The van der Waals surface area contributed by atoms with Gasteiger partial charge in [0.05, 0.1) is 22.6 Å². The van der Waals surface area contributed by atoms with E-state index >= 15 is 0 Å². The summed E-state index contributed by atoms with van der Waals surface area (Å²) >= 11 is 6.35. The summed E-state index contributed by atoms with van der Waals surface area (Å²) in [6.07, 6.45) is -1.19. The summed E-state index contributed by atoms with van der Waals surface area (Å²) < 4.78 is 44.6. The molecule has 11 heteroatoms. The Kier molecular flexibility index (Phi) is 7.90. The van der Waals surface area contributed by atoms with Gasteiger partial charge in [0, 0.05) is 44.6 Å². The lowest BCUT2D eigenvalue weighted by molar-refractivity contribution is -0.181. The van der Waals surface area contributed by atoms with Gasteiger partial charge in [-0.05, 0) is 43.4 Å². The number of rotatable bonds is 6. The predicted molar refractivity (Wildman–Crippen MR) is 124 cm³/mol. The van der Waals surface area contributed by atoms with E-state index < -0.39 is 23.9 Å². The van der Waals surface area contributed by atoms with Crippen LogP contribution in [0.3, 0.4) is 0 Å². The summed E-state index contributed by atoms with van der Waals surface area (Å²) in [6, 6.07) is 7.11. The highest BCUT2D eigenvalue weighted by atomic mass is 35.5. The average Bonchev–Trinajstić information content (AvgIpc) is 2.84. The van der Waals surface area contributed by atoms with Gasteiger partial charge in [-0.3, -0.25) is 4.79 Å². The van der Waals surface area contributed by atoms with Gasteiger partial charge in [0.15, 0.2) is 0 Å². The lowest BCUT2D eigenvalue weighted by atomic mass is 9.89. The van der Waals surface area contributed by atoms with Crippen molar-refractivity contribution in [3.63, 3.8) is 0 Å². The first-order chi connectivity index (χ1) is 16.3. The minimum atomic E-state index is -4.34. The third kappa shape index (κ3) is 6.37. The Morgan fingerprint density at radius 3 is 2.76 bits per heavy atom. The van der Waals surface area contributed by atoms with Crippen LogP contribution in [0.15, 0.2) is 30.5 Å². The molecule has 0 radical (unpaired) electrons. The number of carbonyl (C=O) groups is 1. The lowest BCUT2D eigenvalue weighted by Crippen LogP contribution is -2.46. The van der Waals surface area contributed by atoms with Crippen LogP contribution < -0.4 is 16.0 Å². The smallest absolute Gasteiger partial charge is 0.381 e. The van der Waals surface area contributed by atoms with E-state index in [9.17, 15) is 18.0 Å². The summed E-state index contributed by atoms with van der Waals surface area (Å²) in [5.41, 5.74) is 1.16. The van der Waals surface area contributed by atoms with Gasteiger partial charge in [0.1, 0.15) is 11.6 Å². The summed E-state index contributed by atoms with van der Waals surface area (Å²) in [5, 5.41) is 9.04. The third-order valence-corrected chi connectivity index (χ3v) is 6.53. The molecule has 0 saturated carbocycles. The fourth-order valence-corrected chi connectivity index (χ4v) is 4.41. The third-order valence-electron chi connectivity index (χ3n) is 6.23. The first-order valence-corrected chi connectivity index (χ1v) is 11.7. The van der Waals surface area contributed by atoms with E-state index in [2.05, 4.69) is 25.9 Å². The molecule has 4 rings (SSSR count). The summed E-state index contributed by atoms with van der Waals surface area (Å²) in [4.78, 5) is 21.4. The van der Waals surface area contributed by atoms with Gasteiger partial charge in [-0.15, -0.1) is 0 Å². The zero-order valence-electron chi connectivity index (χ0n) is 18.5. The summed E-state index contributed by atoms with van der Waals surface area (Å²) in [6.45, 7) is 2.34. The zero-order chi connectivity index (χ0) is 24.1. The number of ether oxygens (including phenoxy) is 1. The number of hydrogen-bond donors (Lipinski definition) is 3. The van der Waals surface area contributed by atoms with E-state index in [1.165, 1.54) is 6.20 Å². The van der Waals surface area contributed by atoms with Gasteiger partial charge in [-0.1, -0.05) is 17.7 Å². The summed E-state index contributed by atoms with van der Waals surface area (Å²) in [7, 11) is 0. The Balaban J connectivity index is 1.43. The maximum absolute atomic E-state index is 13.1. The Hall–Kier alpha value is -2.43. The first kappa shape index (κ1) is 24.7. The van der Waals surface area contributed by atoms with Crippen LogP contribution in [0.5, 0.6) is 0 Å². The maximum Gasteiger partial charge on any atom is 0.393 e. The van der Waals surface area contributed by atoms with E-state index in [1.807, 2.05) is 12.1 Å². The van der Waals surface area contributed by atoms with Crippen LogP contribution in [0.1, 0.15) is 19.3 Å². The number of carbonyl (C=O) groups excluding carboxylic acids is 1. The minimum absolute atomic E-state index is 0.179. The van der Waals surface area contributed by atoms with E-state index in [0.29, 0.717) is 28.0 Å². The molecule has 0 bridgehead atoms. The van der Waals surface area contributed by atoms with Gasteiger partial charge >= 0.3 is 6.18 Å². The standard InChI is InChI=1S/C23H27ClF3N5O2/c24-18-13-30-21(32-22(33)15-8-16(12-28-11-15)23(25,26)27)9-17(18)19-2-1-3-20(31-19)29-10-14-4-6-34-7-5-14/h1-3,9,13-16,28H,4-8,10-12H2,(H,29,31)(H,30,32,33)/t15-,16-/m1/s1. The first-order valence-electron chi connectivity index (χ1n) is 11.3. The molecular weight excluding hydrogens is 471 g/mol. The molecule has 7 nitrogen and oxygen atoms in total. The van der Waals surface area contributed by atoms with Crippen LogP contribution in [0.4, 0.5) is 24.8 Å². The van der Waals surface area contributed by atoms with Crippen molar-refractivity contribution in [2.45, 2.75) is 25.4 Å². The van der Waals surface area contributed by atoms with Crippen LogP contribution in [-0.4, -0.2) is 54.9 Å². The molecule has 2 atom stereocenters. The second-order valence-electron chi connectivity index (χ2n) is 8.71. The number of hydrogen-bond acceptors (Lipinski definition) is 6. The van der Waals surface area contributed by atoms with Crippen LogP contribution in [-0.2, 0) is 9.53 Å². The van der Waals surface area contributed by atoms with Crippen molar-refractivity contribution >= 4 is 29.1 Å². The lowest BCUT2D eigenvalue weighted by Gasteiger charge is -2.30. The number of halogens is 4. The van der Waals surface area contributed by atoms with Crippen LogP contribution >= 0.6 is 11.6 Å². The molecule has 2 aromatic heterocycles. The van der Waals surface area contributed by atoms with Crippen molar-refractivity contribution in [3.05, 3.63) is 35.5 Å². The maximum atomic E-state index is 13.1. The molecule has 0 unspecified atom stereocenters. The molecule has 2 aromatic rings. The number of piperidine rings is 1. The number of pyridine rings is 2. The molecule has 184 valence electrons. The highest BCUT2D eigenvalue weighted by Crippen LogP contribution is 2.34. The number of alkyl halides is 3. The van der Waals surface area contributed by atoms with E-state index in [0.717, 1.165) is 32.6 Å². The fourth-order valence-electron chi connectivity index (χ4n) is 4.21. The number of nitrogens with zero attached hydrogens (tertiary/aromatic N) is 2. The average molecular weight is 498 g/mol. The van der Waals surface area contributed by atoms with Crippen molar-refractivity contribution in [1.29, 1.82) is 0 Å². The summed E-state index contributed by atoms with van der Waals surface area (Å²) in [5.74, 6) is -1.43. The Bertz CT molecular complexity index is 1000. The van der Waals surface area contributed by atoms with Gasteiger partial charge in [-0.2, -0.15) is 13.2 Å². The Morgan fingerprint density at radius 2 is 2.00 bits per heavy atom. The number of anilines is 2. The van der Waals surface area contributed by atoms with Gasteiger partial charge in [0.2, 0.25) is 5.91 Å². The van der Waals surface area contributed by atoms with Crippen LogP contribution in [0.25, 0.3) is 11.3 Å². The fraction of sp³-hybridized carbons (Fsp3) is 0.522. The number of nitrogens with one attached hydrogen (secondary N) is 3. The molecule has 2 aliphatic heterocycles. The van der Waals surface area contributed by atoms with Crippen molar-refractivity contribution in [2.75, 3.05) is 43.5 Å². The normalized spacial score (nSPS) is 21.8. The van der Waals surface area contributed by atoms with Crippen LogP contribution in [0.2, 0.25) is 5.02 Å². The van der Waals surface area contributed by atoms with E-state index in [1.54, 1.807) is 12.1 Å². The predicted octanol–water partition coefficient (Wildman–Crippen LogP) is 4.36. The molecule has 4 heterocycles. The van der Waals surface area contributed by atoms with Crippen LogP contribution in [0, 0.1) is 17.8 Å². The minimum Gasteiger partial charge on any atom is -0.381 e. The van der Waals surface area contributed by atoms with Crippen molar-refractivity contribution < 1.29 is 22.7 Å². The molecule has 0 aliphatic carbocycles. The molecule has 1 amide bonds. The SMILES string of the molecule is O=C(Nc1cc(-c2cccc(NCC3CCOCC3)n2)c(Cl)cn1)[C@H]1CNC[C@H](C(F)(F)F)C1. The molecular formula is C23H27ClF3N5O2. The molecule has 34 heavy (non-hydrogen) atoms. The molecule has 0 aromatic carbocycles. The largest absolute Gasteiger partial charge is 0.393 e. The van der Waals surface area contributed by atoms with Crippen molar-refractivity contribution in [1.82, 2.24) is 15.3 Å². The van der Waals surface area contributed by atoms with Gasteiger partial charge in [0.25, 0.3) is 0 Å². The second-order valence-corrected chi connectivity index (χ2v) is 9.12. The Labute approximate surface area is 200 Å². The van der Waals surface area contributed by atoms with E-state index in [-0.39, 0.29) is 25.3 Å². The molecule has 2 saturated heterocycles. The number of amides is 1.